The fourth-order valence-electron chi connectivity index (χ4n) is 0.953. The first-order valence-corrected chi connectivity index (χ1v) is 4.25. The normalized spacial score (nSPS) is 10.5. The molecule has 6 heteroatoms. The van der Waals surface area contributed by atoms with Crippen molar-refractivity contribution >= 4 is 32.8 Å². The van der Waals surface area contributed by atoms with Crippen molar-refractivity contribution in [1.29, 1.82) is 0 Å². The van der Waals surface area contributed by atoms with Crippen LogP contribution in [0.3, 0.4) is 0 Å². The molecule has 2 heterocycles. The van der Waals surface area contributed by atoms with E-state index in [1.807, 2.05) is 0 Å². The molecule has 0 aliphatic heterocycles. The van der Waals surface area contributed by atoms with Crippen molar-refractivity contribution in [2.45, 2.75) is 0 Å². The number of aromatic carboxylic acids is 1. The molecule has 0 spiro atoms. The minimum absolute atomic E-state index is 0.0103. The Bertz CT molecular complexity index is 480. The maximum absolute atomic E-state index is 10.5. The van der Waals surface area contributed by atoms with Crippen molar-refractivity contribution in [3.05, 3.63) is 17.8 Å². The summed E-state index contributed by atoms with van der Waals surface area (Å²) in [5.74, 6) is -1.05. The third-order valence-corrected chi connectivity index (χ3v) is 2.29. The van der Waals surface area contributed by atoms with E-state index in [0.717, 1.165) is 0 Å². The molecule has 5 nitrogen and oxygen atoms in total. The predicted molar refractivity (Wildman–Crippen MR) is 48.8 cm³/mol. The highest BCUT2D eigenvalue weighted by atomic mass is 32.1. The second-order valence-electron chi connectivity index (χ2n) is 2.38. The Hall–Kier alpha value is -1.69. The van der Waals surface area contributed by atoms with E-state index in [-0.39, 0.29) is 5.69 Å². The highest BCUT2D eigenvalue weighted by Crippen LogP contribution is 2.21. The summed E-state index contributed by atoms with van der Waals surface area (Å²) in [5.41, 5.74) is 6.08. The fourth-order valence-corrected chi connectivity index (χ4v) is 1.66. The number of hydrogen-bond donors (Lipinski definition) is 2. The lowest BCUT2D eigenvalue weighted by Crippen LogP contribution is -1.98. The van der Waals surface area contributed by atoms with Crippen molar-refractivity contribution in [1.82, 2.24) is 9.97 Å². The summed E-state index contributed by atoms with van der Waals surface area (Å²) in [6.07, 6.45) is 0. The maximum atomic E-state index is 10.5. The van der Waals surface area contributed by atoms with Gasteiger partial charge in [0.2, 0.25) is 0 Å². The van der Waals surface area contributed by atoms with E-state index < -0.39 is 5.97 Å². The van der Waals surface area contributed by atoms with Gasteiger partial charge >= 0.3 is 5.97 Å². The molecule has 0 aromatic carbocycles. The standard InChI is InChI=1S/C7H5N3O2S/c8-7-10-3-1-2-4(6(11)12)9-5(3)13-7/h1-2H,(H2,8,10)(H,11,12). The Balaban J connectivity index is 2.67. The molecular weight excluding hydrogens is 190 g/mol. The zero-order valence-corrected chi connectivity index (χ0v) is 7.21. The molecule has 2 rings (SSSR count). The van der Waals surface area contributed by atoms with Gasteiger partial charge in [-0.15, -0.1) is 0 Å². The van der Waals surface area contributed by atoms with Crippen LogP contribution in [0.2, 0.25) is 0 Å². The van der Waals surface area contributed by atoms with Gasteiger partial charge in [-0.2, -0.15) is 0 Å². The van der Waals surface area contributed by atoms with Crippen molar-refractivity contribution in [3.63, 3.8) is 0 Å². The van der Waals surface area contributed by atoms with Gasteiger partial charge < -0.3 is 10.8 Å². The van der Waals surface area contributed by atoms with Crippen LogP contribution in [0, 0.1) is 0 Å². The number of nitrogens with two attached hydrogens (primary N) is 1. The van der Waals surface area contributed by atoms with Crippen molar-refractivity contribution in [2.75, 3.05) is 5.73 Å². The Kier molecular flexibility index (Phi) is 1.63. The number of nitrogens with zero attached hydrogens (tertiary/aromatic N) is 2. The first-order valence-electron chi connectivity index (χ1n) is 3.43. The number of fused-ring (bicyclic) bond motifs is 1. The Morgan fingerprint density at radius 2 is 2.23 bits per heavy atom. The van der Waals surface area contributed by atoms with Gasteiger partial charge in [-0.05, 0) is 12.1 Å². The highest BCUT2D eigenvalue weighted by Gasteiger charge is 2.07. The average Bonchev–Trinajstić information content (AvgIpc) is 2.42. The van der Waals surface area contributed by atoms with Crippen LogP contribution in [0.1, 0.15) is 10.5 Å². The van der Waals surface area contributed by atoms with Gasteiger partial charge in [-0.1, -0.05) is 11.3 Å². The zero-order chi connectivity index (χ0) is 9.42. The summed E-state index contributed by atoms with van der Waals surface area (Å²) in [6.45, 7) is 0. The second-order valence-corrected chi connectivity index (χ2v) is 3.39. The molecule has 0 fully saturated rings. The molecule has 0 saturated carbocycles. The van der Waals surface area contributed by atoms with E-state index in [4.69, 9.17) is 10.8 Å². The third-order valence-electron chi connectivity index (χ3n) is 1.49. The summed E-state index contributed by atoms with van der Waals surface area (Å²) in [5, 5.41) is 9.04. The van der Waals surface area contributed by atoms with Gasteiger partial charge in [0.1, 0.15) is 16.0 Å². The molecule has 0 unspecified atom stereocenters. The summed E-state index contributed by atoms with van der Waals surface area (Å²) in [7, 11) is 0. The third kappa shape index (κ3) is 1.31. The number of thiazole rings is 1. The molecule has 66 valence electrons. The number of carbonyl (C=O) groups is 1. The van der Waals surface area contributed by atoms with E-state index in [2.05, 4.69) is 9.97 Å². The minimum Gasteiger partial charge on any atom is -0.477 e. The number of carboxylic acid groups (broad SMARTS) is 1. The Morgan fingerprint density at radius 1 is 1.46 bits per heavy atom. The molecule has 0 aliphatic carbocycles. The van der Waals surface area contributed by atoms with E-state index in [9.17, 15) is 4.79 Å². The first-order chi connectivity index (χ1) is 6.16. The number of rotatable bonds is 1. The SMILES string of the molecule is Nc1nc2ccc(C(=O)O)nc2s1. The number of hydrogen-bond acceptors (Lipinski definition) is 5. The summed E-state index contributed by atoms with van der Waals surface area (Å²) in [6, 6.07) is 3.00. The second kappa shape index (κ2) is 2.67. The van der Waals surface area contributed by atoms with Gasteiger partial charge in [-0.25, -0.2) is 14.8 Å². The van der Waals surface area contributed by atoms with Crippen LogP contribution in [0.4, 0.5) is 5.13 Å². The molecule has 13 heavy (non-hydrogen) atoms. The van der Waals surface area contributed by atoms with Crippen LogP contribution < -0.4 is 5.73 Å². The molecule has 0 amide bonds. The van der Waals surface area contributed by atoms with Crippen LogP contribution in [0.5, 0.6) is 0 Å². The number of aromatic nitrogens is 2. The van der Waals surface area contributed by atoms with Crippen LogP contribution >= 0.6 is 11.3 Å². The molecule has 0 atom stereocenters. The number of carboxylic acids is 1. The van der Waals surface area contributed by atoms with Gasteiger partial charge in [0, 0.05) is 0 Å². The van der Waals surface area contributed by atoms with Crippen LogP contribution in [0.25, 0.3) is 10.3 Å². The summed E-state index contributed by atoms with van der Waals surface area (Å²) >= 11 is 1.18. The van der Waals surface area contributed by atoms with Gasteiger partial charge in [0.15, 0.2) is 5.13 Å². The largest absolute Gasteiger partial charge is 0.477 e. The van der Waals surface area contributed by atoms with Crippen molar-refractivity contribution in [3.8, 4) is 0 Å². The van der Waals surface area contributed by atoms with Gasteiger partial charge in [0.05, 0.1) is 0 Å². The first kappa shape index (κ1) is 7.93. The number of nitrogen functional groups attached to an aromatic ring is 1. The lowest BCUT2D eigenvalue weighted by molar-refractivity contribution is 0.0691. The number of anilines is 1. The topological polar surface area (TPSA) is 89.1 Å². The highest BCUT2D eigenvalue weighted by molar-refractivity contribution is 7.21. The molecule has 0 radical (unpaired) electrons. The summed E-state index contributed by atoms with van der Waals surface area (Å²) < 4.78 is 0. The quantitative estimate of drug-likeness (QED) is 0.707. The Labute approximate surface area is 76.9 Å². The van der Waals surface area contributed by atoms with Crippen LogP contribution in [0.15, 0.2) is 12.1 Å². The smallest absolute Gasteiger partial charge is 0.354 e. The lowest BCUT2D eigenvalue weighted by Gasteiger charge is -1.90. The lowest BCUT2D eigenvalue weighted by atomic mass is 10.3. The zero-order valence-electron chi connectivity index (χ0n) is 6.39. The average molecular weight is 195 g/mol. The molecule has 0 aliphatic rings. The predicted octanol–water partition coefficient (Wildman–Crippen LogP) is 0.972. The van der Waals surface area contributed by atoms with Crippen LogP contribution in [-0.2, 0) is 0 Å². The van der Waals surface area contributed by atoms with Crippen LogP contribution in [-0.4, -0.2) is 21.0 Å². The number of pyridine rings is 1. The maximum Gasteiger partial charge on any atom is 0.354 e. The van der Waals surface area contributed by atoms with E-state index in [1.165, 1.54) is 17.4 Å². The van der Waals surface area contributed by atoms with Crippen molar-refractivity contribution in [2.24, 2.45) is 0 Å². The fraction of sp³-hybridized carbons (Fsp3) is 0. The van der Waals surface area contributed by atoms with E-state index >= 15 is 0 Å². The molecule has 2 aromatic rings. The molecule has 3 N–H and O–H groups in total. The molecule has 0 saturated heterocycles. The minimum atomic E-state index is -1.05. The monoisotopic (exact) mass is 195 g/mol. The van der Waals surface area contributed by atoms with Gasteiger partial charge in [0.25, 0.3) is 0 Å². The molecule has 0 bridgehead atoms. The van der Waals surface area contributed by atoms with Crippen molar-refractivity contribution < 1.29 is 9.90 Å². The molecule has 2 aromatic heterocycles. The molecular formula is C7H5N3O2S. The van der Waals surface area contributed by atoms with E-state index in [0.29, 0.717) is 15.5 Å². The van der Waals surface area contributed by atoms with E-state index in [1.54, 1.807) is 6.07 Å². The van der Waals surface area contributed by atoms with Gasteiger partial charge in [-0.3, -0.25) is 0 Å². The summed E-state index contributed by atoms with van der Waals surface area (Å²) in [4.78, 5) is 18.9. The Morgan fingerprint density at radius 3 is 2.92 bits per heavy atom.